The number of carbonyl (C=O) groups excluding carboxylic acids is 2. The Bertz CT molecular complexity index is 827. The summed E-state index contributed by atoms with van der Waals surface area (Å²) in [6.45, 7) is 6.03. The molecule has 0 bridgehead atoms. The molecule has 0 unspecified atom stereocenters. The number of rotatable bonds is 7. The molecule has 1 amide bonds. The summed E-state index contributed by atoms with van der Waals surface area (Å²) < 4.78 is 20.6. The lowest BCUT2D eigenvalue weighted by Gasteiger charge is -2.25. The van der Waals surface area contributed by atoms with Crippen LogP contribution in [0.4, 0.5) is 4.39 Å². The molecule has 0 aliphatic carbocycles. The molecule has 0 saturated carbocycles. The van der Waals surface area contributed by atoms with E-state index in [1.807, 2.05) is 19.0 Å². The number of carbonyl (C=O) groups is 2. The highest BCUT2D eigenvalue weighted by atomic mass is 19.1. The zero-order valence-electron chi connectivity index (χ0n) is 17.0. The van der Waals surface area contributed by atoms with Gasteiger partial charge in [-0.15, -0.1) is 0 Å². The molecule has 1 heterocycles. The second-order valence-corrected chi connectivity index (χ2v) is 7.71. The largest absolute Gasteiger partial charge is 0.459 e. The molecule has 0 aliphatic heterocycles. The van der Waals surface area contributed by atoms with Gasteiger partial charge in [-0.3, -0.25) is 9.59 Å². The fourth-order valence-corrected chi connectivity index (χ4v) is 2.47. The Morgan fingerprint density at radius 1 is 1.14 bits per heavy atom. The van der Waals surface area contributed by atoms with Gasteiger partial charge in [-0.2, -0.15) is 5.10 Å². The van der Waals surface area contributed by atoms with Crippen LogP contribution in [0.5, 0.6) is 0 Å². The standard InChI is InChI=1S/C20H27FN4O3/c1-20(2,3)28-18(26)14-24(13-12-23(4)5)19(27)16-10-11-25(22-16)17-9-7-6-8-15(17)21/h6-11H,12-14H2,1-5H3. The number of halogens is 1. The van der Waals surface area contributed by atoms with Gasteiger partial charge < -0.3 is 14.5 Å². The number of hydrogen-bond acceptors (Lipinski definition) is 5. The highest BCUT2D eigenvalue weighted by Gasteiger charge is 2.24. The third kappa shape index (κ3) is 6.16. The predicted octanol–water partition coefficient (Wildman–Crippen LogP) is 2.36. The van der Waals surface area contributed by atoms with Crippen molar-refractivity contribution in [1.82, 2.24) is 19.6 Å². The fourth-order valence-electron chi connectivity index (χ4n) is 2.47. The highest BCUT2D eigenvalue weighted by molar-refractivity contribution is 5.94. The molecule has 2 rings (SSSR count). The van der Waals surface area contributed by atoms with Gasteiger partial charge in [0.25, 0.3) is 5.91 Å². The van der Waals surface area contributed by atoms with Gasteiger partial charge in [0, 0.05) is 19.3 Å². The number of nitrogens with zero attached hydrogens (tertiary/aromatic N) is 4. The quantitative estimate of drug-likeness (QED) is 0.679. The van der Waals surface area contributed by atoms with Crippen LogP contribution in [0.3, 0.4) is 0 Å². The smallest absolute Gasteiger partial charge is 0.326 e. The molecular weight excluding hydrogens is 363 g/mol. The molecule has 0 aliphatic rings. The van der Waals surface area contributed by atoms with E-state index in [2.05, 4.69) is 5.10 Å². The van der Waals surface area contributed by atoms with Crippen LogP contribution in [0.1, 0.15) is 31.3 Å². The van der Waals surface area contributed by atoms with Crippen LogP contribution in [0.15, 0.2) is 36.5 Å². The van der Waals surface area contributed by atoms with Gasteiger partial charge in [-0.1, -0.05) is 12.1 Å². The Hall–Kier alpha value is -2.74. The Morgan fingerprint density at radius 3 is 2.43 bits per heavy atom. The van der Waals surface area contributed by atoms with Crippen LogP contribution < -0.4 is 0 Å². The minimum absolute atomic E-state index is 0.130. The zero-order valence-corrected chi connectivity index (χ0v) is 17.0. The van der Waals surface area contributed by atoms with Gasteiger partial charge in [0.05, 0.1) is 0 Å². The predicted molar refractivity (Wildman–Crippen MR) is 104 cm³/mol. The summed E-state index contributed by atoms with van der Waals surface area (Å²) in [6.07, 6.45) is 1.52. The van der Waals surface area contributed by atoms with Crippen LogP contribution in [-0.2, 0) is 9.53 Å². The molecule has 0 fully saturated rings. The Morgan fingerprint density at radius 2 is 1.82 bits per heavy atom. The fraction of sp³-hybridized carbons (Fsp3) is 0.450. The van der Waals surface area contributed by atoms with Crippen molar-refractivity contribution in [3.05, 3.63) is 48.0 Å². The van der Waals surface area contributed by atoms with Crippen LogP contribution >= 0.6 is 0 Å². The number of hydrogen-bond donors (Lipinski definition) is 0. The molecule has 8 heteroatoms. The monoisotopic (exact) mass is 390 g/mol. The van der Waals surface area contributed by atoms with Crippen LogP contribution in [0, 0.1) is 5.82 Å². The first-order valence-electron chi connectivity index (χ1n) is 9.03. The molecule has 1 aromatic carbocycles. The van der Waals surface area contributed by atoms with E-state index >= 15 is 0 Å². The molecule has 0 saturated heterocycles. The number of benzene rings is 1. The molecule has 7 nitrogen and oxygen atoms in total. The molecule has 0 radical (unpaired) electrons. The van der Waals surface area contributed by atoms with Gasteiger partial charge in [-0.25, -0.2) is 9.07 Å². The molecule has 28 heavy (non-hydrogen) atoms. The van der Waals surface area contributed by atoms with Crippen LogP contribution in [-0.4, -0.2) is 70.8 Å². The van der Waals surface area contributed by atoms with Gasteiger partial charge in [0.2, 0.25) is 0 Å². The SMILES string of the molecule is CN(C)CCN(CC(=O)OC(C)(C)C)C(=O)c1ccn(-c2ccccc2F)n1. The second-order valence-electron chi connectivity index (χ2n) is 7.71. The molecule has 0 atom stereocenters. The molecule has 1 aromatic heterocycles. The zero-order chi connectivity index (χ0) is 20.9. The van der Waals surface area contributed by atoms with Crippen molar-refractivity contribution in [2.45, 2.75) is 26.4 Å². The maximum atomic E-state index is 14.0. The molecule has 0 N–H and O–H groups in total. The van der Waals surface area contributed by atoms with Crippen molar-refractivity contribution in [1.29, 1.82) is 0 Å². The number of amides is 1. The van der Waals surface area contributed by atoms with E-state index in [1.54, 1.807) is 39.0 Å². The van der Waals surface area contributed by atoms with Crippen LogP contribution in [0.25, 0.3) is 5.69 Å². The minimum atomic E-state index is -0.639. The molecule has 0 spiro atoms. The number of para-hydroxylation sites is 1. The summed E-state index contributed by atoms with van der Waals surface area (Å²) in [5.41, 5.74) is -0.265. The van der Waals surface area contributed by atoms with Gasteiger partial charge in [-0.05, 0) is 53.1 Å². The maximum Gasteiger partial charge on any atom is 0.326 e. The first-order valence-corrected chi connectivity index (χ1v) is 9.03. The van der Waals surface area contributed by atoms with Gasteiger partial charge in [0.15, 0.2) is 5.69 Å². The lowest BCUT2D eigenvalue weighted by molar-refractivity contribution is -0.155. The summed E-state index contributed by atoms with van der Waals surface area (Å²) in [5, 5.41) is 4.19. The molecule has 152 valence electrons. The number of aromatic nitrogens is 2. The van der Waals surface area contributed by atoms with Gasteiger partial charge in [0.1, 0.15) is 23.7 Å². The number of likely N-dealkylation sites (N-methyl/N-ethyl adjacent to an activating group) is 1. The van der Waals surface area contributed by atoms with E-state index in [0.717, 1.165) is 0 Å². The lowest BCUT2D eigenvalue weighted by Crippen LogP contribution is -2.42. The molecular formula is C20H27FN4O3. The van der Waals surface area contributed by atoms with Crippen molar-refractivity contribution in [2.75, 3.05) is 33.7 Å². The highest BCUT2D eigenvalue weighted by Crippen LogP contribution is 2.14. The van der Waals surface area contributed by atoms with Crippen molar-refractivity contribution in [2.24, 2.45) is 0 Å². The first kappa shape index (κ1) is 21.6. The summed E-state index contributed by atoms with van der Waals surface area (Å²) in [6, 6.07) is 7.67. The Labute approximate surface area is 164 Å². The average Bonchev–Trinajstić information content (AvgIpc) is 3.06. The van der Waals surface area contributed by atoms with Crippen molar-refractivity contribution in [3.8, 4) is 5.69 Å². The summed E-state index contributed by atoms with van der Waals surface area (Å²) in [7, 11) is 3.76. The van der Waals surface area contributed by atoms with E-state index in [4.69, 9.17) is 4.74 Å². The summed E-state index contributed by atoms with van der Waals surface area (Å²) in [4.78, 5) is 28.4. The normalized spacial score (nSPS) is 11.5. The third-order valence-corrected chi connectivity index (χ3v) is 3.75. The Kier molecular flexibility index (Phi) is 6.90. The van der Waals surface area contributed by atoms with Crippen molar-refractivity contribution in [3.63, 3.8) is 0 Å². The first-order chi connectivity index (χ1) is 13.1. The van der Waals surface area contributed by atoms with Gasteiger partial charge >= 0.3 is 5.97 Å². The van der Waals surface area contributed by atoms with Crippen LogP contribution in [0.2, 0.25) is 0 Å². The lowest BCUT2D eigenvalue weighted by atomic mass is 10.2. The topological polar surface area (TPSA) is 67.7 Å². The van der Waals surface area contributed by atoms with E-state index in [1.165, 1.54) is 27.9 Å². The summed E-state index contributed by atoms with van der Waals surface area (Å²) in [5.74, 6) is -1.35. The number of esters is 1. The maximum absolute atomic E-state index is 14.0. The van der Waals surface area contributed by atoms with E-state index < -0.39 is 23.3 Å². The Balaban J connectivity index is 2.19. The van der Waals surface area contributed by atoms with Crippen molar-refractivity contribution < 1.29 is 18.7 Å². The summed E-state index contributed by atoms with van der Waals surface area (Å²) >= 11 is 0. The van der Waals surface area contributed by atoms with Crippen molar-refractivity contribution >= 4 is 11.9 Å². The average molecular weight is 390 g/mol. The van der Waals surface area contributed by atoms with E-state index in [-0.39, 0.29) is 17.9 Å². The third-order valence-electron chi connectivity index (χ3n) is 3.75. The second kappa shape index (κ2) is 8.97. The van der Waals surface area contributed by atoms with E-state index in [9.17, 15) is 14.0 Å². The number of ether oxygens (including phenoxy) is 1. The van der Waals surface area contributed by atoms with E-state index in [0.29, 0.717) is 13.1 Å². The minimum Gasteiger partial charge on any atom is -0.459 e. The molecule has 2 aromatic rings.